The van der Waals surface area contributed by atoms with Crippen LogP contribution in [-0.2, 0) is 16.1 Å². The lowest BCUT2D eigenvalue weighted by Crippen LogP contribution is -2.49. The number of amides is 2. The molecular formula is C25H34N2O3. The molecule has 0 aliphatic heterocycles. The van der Waals surface area contributed by atoms with E-state index in [2.05, 4.69) is 5.32 Å². The molecule has 2 atom stereocenters. The fraction of sp³-hybridized carbons (Fsp3) is 0.440. The third kappa shape index (κ3) is 7.54. The van der Waals surface area contributed by atoms with Crippen LogP contribution in [-0.4, -0.2) is 35.4 Å². The maximum absolute atomic E-state index is 13.0. The lowest BCUT2D eigenvalue weighted by atomic mass is 10.1. The normalized spacial score (nSPS) is 12.7. The number of rotatable bonds is 11. The predicted molar refractivity (Wildman–Crippen MR) is 120 cm³/mol. The Labute approximate surface area is 180 Å². The Morgan fingerprint density at radius 3 is 2.33 bits per heavy atom. The summed E-state index contributed by atoms with van der Waals surface area (Å²) in [6.07, 6.45) is 1.78. The molecule has 0 spiro atoms. The molecular weight excluding hydrogens is 376 g/mol. The molecule has 5 nitrogen and oxygen atoms in total. The molecule has 0 aliphatic carbocycles. The zero-order valence-electron chi connectivity index (χ0n) is 18.6. The summed E-state index contributed by atoms with van der Waals surface area (Å²) in [6, 6.07) is 17.2. The second-order valence-electron chi connectivity index (χ2n) is 7.77. The Balaban J connectivity index is 1.96. The van der Waals surface area contributed by atoms with Crippen LogP contribution in [0.15, 0.2) is 54.6 Å². The van der Waals surface area contributed by atoms with Gasteiger partial charge in [-0.2, -0.15) is 0 Å². The summed E-state index contributed by atoms with van der Waals surface area (Å²) in [7, 11) is 0. The zero-order valence-corrected chi connectivity index (χ0v) is 18.6. The molecule has 162 valence electrons. The van der Waals surface area contributed by atoms with Gasteiger partial charge in [0.2, 0.25) is 11.8 Å². The van der Waals surface area contributed by atoms with Crippen molar-refractivity contribution in [2.75, 3.05) is 6.61 Å². The van der Waals surface area contributed by atoms with Crippen LogP contribution >= 0.6 is 0 Å². The molecule has 2 unspecified atom stereocenters. The van der Waals surface area contributed by atoms with Crippen LogP contribution < -0.4 is 10.1 Å². The van der Waals surface area contributed by atoms with Crippen molar-refractivity contribution in [2.24, 2.45) is 0 Å². The lowest BCUT2D eigenvalue weighted by Gasteiger charge is -2.29. The number of hydrogen-bond donors (Lipinski definition) is 1. The minimum Gasteiger partial charge on any atom is -0.494 e. The van der Waals surface area contributed by atoms with E-state index in [1.807, 2.05) is 75.4 Å². The van der Waals surface area contributed by atoms with E-state index in [0.717, 1.165) is 17.7 Å². The molecule has 0 aromatic heterocycles. The smallest absolute Gasteiger partial charge is 0.242 e. The van der Waals surface area contributed by atoms with Crippen molar-refractivity contribution in [3.05, 3.63) is 65.7 Å². The Hall–Kier alpha value is -2.82. The zero-order chi connectivity index (χ0) is 21.9. The van der Waals surface area contributed by atoms with Crippen molar-refractivity contribution in [3.8, 4) is 5.75 Å². The molecule has 0 fully saturated rings. The van der Waals surface area contributed by atoms with Crippen molar-refractivity contribution >= 4 is 11.8 Å². The highest BCUT2D eigenvalue weighted by Crippen LogP contribution is 2.14. The summed E-state index contributed by atoms with van der Waals surface area (Å²) in [6.45, 7) is 8.69. The number of aryl methyl sites for hydroxylation is 1. The molecule has 0 heterocycles. The van der Waals surface area contributed by atoms with Crippen LogP contribution in [0.3, 0.4) is 0 Å². The molecule has 5 heteroatoms. The standard InChI is InChI=1S/C25H34N2O3/c1-5-20(3)26-25(29)21(4)27(18-22-10-7-6-8-11-22)24(28)12-9-17-30-23-15-13-19(2)14-16-23/h6-8,10-11,13-16,20-21H,5,9,12,17-18H2,1-4H3,(H,26,29). The van der Waals surface area contributed by atoms with Crippen LogP contribution in [0.5, 0.6) is 5.75 Å². The Morgan fingerprint density at radius 2 is 1.70 bits per heavy atom. The highest BCUT2D eigenvalue weighted by atomic mass is 16.5. The second kappa shape index (κ2) is 12.0. The molecule has 2 rings (SSSR count). The molecule has 2 aromatic rings. The lowest BCUT2D eigenvalue weighted by molar-refractivity contribution is -0.141. The van der Waals surface area contributed by atoms with Crippen LogP contribution in [0.4, 0.5) is 0 Å². The molecule has 2 aromatic carbocycles. The predicted octanol–water partition coefficient (Wildman–Crippen LogP) is 4.49. The van der Waals surface area contributed by atoms with E-state index in [1.54, 1.807) is 11.8 Å². The van der Waals surface area contributed by atoms with Crippen LogP contribution in [0, 0.1) is 6.92 Å². The Kier molecular flexibility index (Phi) is 9.39. The maximum Gasteiger partial charge on any atom is 0.242 e. The van der Waals surface area contributed by atoms with Crippen molar-refractivity contribution in [1.82, 2.24) is 10.2 Å². The van der Waals surface area contributed by atoms with E-state index >= 15 is 0 Å². The summed E-state index contributed by atoms with van der Waals surface area (Å²) in [4.78, 5) is 27.3. The largest absolute Gasteiger partial charge is 0.494 e. The van der Waals surface area contributed by atoms with Crippen LogP contribution in [0.1, 0.15) is 51.2 Å². The number of carbonyl (C=O) groups is 2. The van der Waals surface area contributed by atoms with Gasteiger partial charge in [-0.25, -0.2) is 0 Å². The number of carbonyl (C=O) groups excluding carboxylic acids is 2. The number of nitrogens with one attached hydrogen (secondary N) is 1. The first-order chi connectivity index (χ1) is 14.4. The van der Waals surface area contributed by atoms with E-state index in [0.29, 0.717) is 26.0 Å². The minimum absolute atomic E-state index is 0.0434. The monoisotopic (exact) mass is 410 g/mol. The quantitative estimate of drug-likeness (QED) is 0.556. The third-order valence-electron chi connectivity index (χ3n) is 5.19. The van der Waals surface area contributed by atoms with Gasteiger partial charge in [-0.3, -0.25) is 9.59 Å². The number of hydrogen-bond acceptors (Lipinski definition) is 3. The van der Waals surface area contributed by atoms with E-state index < -0.39 is 6.04 Å². The molecule has 0 saturated carbocycles. The number of ether oxygens (including phenoxy) is 1. The van der Waals surface area contributed by atoms with Crippen LogP contribution in [0.25, 0.3) is 0 Å². The van der Waals surface area contributed by atoms with Gasteiger partial charge >= 0.3 is 0 Å². The van der Waals surface area contributed by atoms with E-state index in [1.165, 1.54) is 5.56 Å². The van der Waals surface area contributed by atoms with E-state index in [9.17, 15) is 9.59 Å². The first kappa shape index (κ1) is 23.5. The molecule has 1 N–H and O–H groups in total. The highest BCUT2D eigenvalue weighted by molar-refractivity contribution is 5.87. The van der Waals surface area contributed by atoms with Crippen molar-refractivity contribution in [3.63, 3.8) is 0 Å². The van der Waals surface area contributed by atoms with Gasteiger partial charge in [0.05, 0.1) is 6.61 Å². The van der Waals surface area contributed by atoms with Crippen molar-refractivity contribution < 1.29 is 14.3 Å². The molecule has 30 heavy (non-hydrogen) atoms. The summed E-state index contributed by atoms with van der Waals surface area (Å²) in [5, 5.41) is 2.99. The topological polar surface area (TPSA) is 58.6 Å². The summed E-state index contributed by atoms with van der Waals surface area (Å²) in [5.74, 6) is 0.637. The molecule has 0 radical (unpaired) electrons. The summed E-state index contributed by atoms with van der Waals surface area (Å²) >= 11 is 0. The molecule has 2 amide bonds. The van der Waals surface area contributed by atoms with Gasteiger partial charge in [0, 0.05) is 19.0 Å². The second-order valence-corrected chi connectivity index (χ2v) is 7.77. The Morgan fingerprint density at radius 1 is 1.03 bits per heavy atom. The van der Waals surface area contributed by atoms with Gasteiger partial charge < -0.3 is 15.0 Å². The first-order valence-electron chi connectivity index (χ1n) is 10.7. The van der Waals surface area contributed by atoms with Gasteiger partial charge in [0.1, 0.15) is 11.8 Å². The number of benzene rings is 2. The minimum atomic E-state index is -0.537. The van der Waals surface area contributed by atoms with Gasteiger partial charge in [-0.15, -0.1) is 0 Å². The number of nitrogens with zero attached hydrogens (tertiary/aromatic N) is 1. The maximum atomic E-state index is 13.0. The van der Waals surface area contributed by atoms with Crippen molar-refractivity contribution in [2.45, 2.75) is 65.6 Å². The molecule has 0 aliphatic rings. The van der Waals surface area contributed by atoms with E-state index in [-0.39, 0.29) is 17.9 Å². The molecule has 0 saturated heterocycles. The van der Waals surface area contributed by atoms with E-state index in [4.69, 9.17) is 4.74 Å². The van der Waals surface area contributed by atoms with Crippen LogP contribution in [0.2, 0.25) is 0 Å². The first-order valence-corrected chi connectivity index (χ1v) is 10.7. The van der Waals surface area contributed by atoms with Gasteiger partial charge in [0.15, 0.2) is 0 Å². The highest BCUT2D eigenvalue weighted by Gasteiger charge is 2.26. The Bertz CT molecular complexity index is 790. The summed E-state index contributed by atoms with van der Waals surface area (Å²) < 4.78 is 5.73. The van der Waals surface area contributed by atoms with Gasteiger partial charge in [-0.1, -0.05) is 55.0 Å². The molecule has 0 bridgehead atoms. The fourth-order valence-electron chi connectivity index (χ4n) is 3.02. The summed E-state index contributed by atoms with van der Waals surface area (Å²) in [5.41, 5.74) is 2.18. The fourth-order valence-corrected chi connectivity index (χ4v) is 3.02. The van der Waals surface area contributed by atoms with Gasteiger partial charge in [-0.05, 0) is 51.3 Å². The average molecular weight is 411 g/mol. The van der Waals surface area contributed by atoms with Gasteiger partial charge in [0.25, 0.3) is 0 Å². The van der Waals surface area contributed by atoms with Crippen molar-refractivity contribution in [1.29, 1.82) is 0 Å². The SMILES string of the molecule is CCC(C)NC(=O)C(C)N(Cc1ccccc1)C(=O)CCCOc1ccc(C)cc1. The third-order valence-corrected chi connectivity index (χ3v) is 5.19. The average Bonchev–Trinajstić information content (AvgIpc) is 2.76.